The van der Waals surface area contributed by atoms with E-state index in [2.05, 4.69) is 15.8 Å². The minimum absolute atomic E-state index is 0.323. The minimum atomic E-state index is -4.39. The molecule has 0 fully saturated rings. The van der Waals surface area contributed by atoms with Gasteiger partial charge in [0.15, 0.2) is 5.11 Å². The number of furan rings is 1. The Labute approximate surface area is 130 Å². The van der Waals surface area contributed by atoms with Crippen LogP contribution < -0.4 is 10.7 Å². The van der Waals surface area contributed by atoms with E-state index in [1.807, 2.05) is 0 Å². The van der Waals surface area contributed by atoms with Gasteiger partial charge in [-0.25, -0.2) is 0 Å². The largest absolute Gasteiger partial charge is 0.455 e. The van der Waals surface area contributed by atoms with Crippen LogP contribution in [0.3, 0.4) is 0 Å². The number of hydrogen-bond donors (Lipinski definition) is 2. The quantitative estimate of drug-likeness (QED) is 0.515. The summed E-state index contributed by atoms with van der Waals surface area (Å²) in [6, 6.07) is 8.10. The van der Waals surface area contributed by atoms with Gasteiger partial charge in [-0.05, 0) is 36.5 Å². The summed E-state index contributed by atoms with van der Waals surface area (Å²) in [6.07, 6.45) is -3.01. The van der Waals surface area contributed by atoms with Crippen LogP contribution in [0.1, 0.15) is 11.3 Å². The van der Waals surface area contributed by atoms with Crippen molar-refractivity contribution in [3.8, 4) is 11.3 Å². The lowest BCUT2D eigenvalue weighted by atomic mass is 10.1. The fourth-order valence-electron chi connectivity index (χ4n) is 1.64. The second kappa shape index (κ2) is 6.61. The van der Waals surface area contributed by atoms with Gasteiger partial charge in [-0.15, -0.1) is 0 Å². The van der Waals surface area contributed by atoms with Crippen molar-refractivity contribution in [2.24, 2.45) is 5.10 Å². The first-order chi connectivity index (χ1) is 10.4. The molecule has 0 bridgehead atoms. The van der Waals surface area contributed by atoms with Crippen molar-refractivity contribution in [1.82, 2.24) is 10.7 Å². The minimum Gasteiger partial charge on any atom is -0.455 e. The van der Waals surface area contributed by atoms with Gasteiger partial charge < -0.3 is 9.73 Å². The number of hydrazone groups is 1. The van der Waals surface area contributed by atoms with Gasteiger partial charge in [0.05, 0.1) is 11.8 Å². The number of halogens is 3. The molecule has 0 saturated heterocycles. The average Bonchev–Trinajstić information content (AvgIpc) is 2.95. The van der Waals surface area contributed by atoms with Crippen LogP contribution in [0.25, 0.3) is 11.3 Å². The molecule has 8 heteroatoms. The average molecular weight is 327 g/mol. The molecule has 0 aliphatic heterocycles. The summed E-state index contributed by atoms with van der Waals surface area (Å²) in [7, 11) is 1.64. The predicted octanol–water partition coefficient (Wildman–Crippen LogP) is 3.39. The van der Waals surface area contributed by atoms with E-state index in [0.29, 0.717) is 22.2 Å². The van der Waals surface area contributed by atoms with Crippen LogP contribution >= 0.6 is 12.2 Å². The Kier molecular flexibility index (Phi) is 4.81. The molecular formula is C14H12F3N3OS. The lowest BCUT2D eigenvalue weighted by Gasteiger charge is -2.07. The summed E-state index contributed by atoms with van der Waals surface area (Å²) >= 11 is 4.83. The van der Waals surface area contributed by atoms with E-state index in [4.69, 9.17) is 16.6 Å². The molecule has 1 aromatic carbocycles. The summed E-state index contributed by atoms with van der Waals surface area (Å²) in [4.78, 5) is 0. The molecule has 0 amide bonds. The SMILES string of the molecule is CNC(=S)N/N=C/c1ccc(-c2cccc(C(F)(F)F)c2)o1. The molecule has 22 heavy (non-hydrogen) atoms. The topological polar surface area (TPSA) is 49.6 Å². The van der Waals surface area contributed by atoms with Crippen molar-refractivity contribution in [3.63, 3.8) is 0 Å². The summed E-state index contributed by atoms with van der Waals surface area (Å²) < 4.78 is 43.5. The van der Waals surface area contributed by atoms with E-state index < -0.39 is 11.7 Å². The van der Waals surface area contributed by atoms with Crippen LogP contribution in [0.2, 0.25) is 0 Å². The number of benzene rings is 1. The fraction of sp³-hybridized carbons (Fsp3) is 0.143. The Morgan fingerprint density at radius 1 is 1.27 bits per heavy atom. The van der Waals surface area contributed by atoms with E-state index in [-0.39, 0.29) is 0 Å². The first kappa shape index (κ1) is 16.0. The Balaban J connectivity index is 2.16. The lowest BCUT2D eigenvalue weighted by Crippen LogP contribution is -2.28. The zero-order chi connectivity index (χ0) is 16.2. The molecule has 2 aromatic rings. The van der Waals surface area contributed by atoms with E-state index in [9.17, 15) is 13.2 Å². The highest BCUT2D eigenvalue weighted by Crippen LogP contribution is 2.32. The number of nitrogens with zero attached hydrogens (tertiary/aromatic N) is 1. The first-order valence-corrected chi connectivity index (χ1v) is 6.59. The van der Waals surface area contributed by atoms with Gasteiger partial charge >= 0.3 is 6.18 Å². The Hall–Kier alpha value is -2.35. The smallest absolute Gasteiger partial charge is 0.416 e. The van der Waals surface area contributed by atoms with Crippen molar-refractivity contribution in [1.29, 1.82) is 0 Å². The first-order valence-electron chi connectivity index (χ1n) is 6.18. The molecule has 1 heterocycles. The molecular weight excluding hydrogens is 315 g/mol. The molecule has 2 rings (SSSR count). The summed E-state index contributed by atoms with van der Waals surface area (Å²) in [5, 5.41) is 6.83. The fourth-order valence-corrected chi connectivity index (χ4v) is 1.69. The Morgan fingerprint density at radius 3 is 2.73 bits per heavy atom. The molecule has 0 aliphatic carbocycles. The monoisotopic (exact) mass is 327 g/mol. The Morgan fingerprint density at radius 2 is 2.05 bits per heavy atom. The maximum atomic E-state index is 12.7. The highest BCUT2D eigenvalue weighted by atomic mass is 32.1. The number of alkyl halides is 3. The van der Waals surface area contributed by atoms with E-state index >= 15 is 0 Å². The third-order valence-electron chi connectivity index (χ3n) is 2.69. The van der Waals surface area contributed by atoms with Gasteiger partial charge in [0.1, 0.15) is 11.5 Å². The summed E-state index contributed by atoms with van der Waals surface area (Å²) in [6.45, 7) is 0. The number of hydrogen-bond acceptors (Lipinski definition) is 3. The number of rotatable bonds is 3. The third-order valence-corrected chi connectivity index (χ3v) is 2.98. The van der Waals surface area contributed by atoms with Crippen LogP contribution in [-0.4, -0.2) is 18.4 Å². The van der Waals surface area contributed by atoms with Gasteiger partial charge in [-0.2, -0.15) is 18.3 Å². The van der Waals surface area contributed by atoms with Crippen LogP contribution in [-0.2, 0) is 6.18 Å². The van der Waals surface area contributed by atoms with Crippen LogP contribution in [0.4, 0.5) is 13.2 Å². The third kappa shape index (κ3) is 4.08. The van der Waals surface area contributed by atoms with Gasteiger partial charge in [0.25, 0.3) is 0 Å². The molecule has 1 aromatic heterocycles. The highest BCUT2D eigenvalue weighted by molar-refractivity contribution is 7.80. The second-order valence-corrected chi connectivity index (χ2v) is 4.64. The molecule has 0 aliphatic rings. The van der Waals surface area contributed by atoms with Crippen LogP contribution in [0, 0.1) is 0 Å². The van der Waals surface area contributed by atoms with E-state index in [0.717, 1.165) is 12.1 Å². The highest BCUT2D eigenvalue weighted by Gasteiger charge is 2.30. The predicted molar refractivity (Wildman–Crippen MR) is 81.5 cm³/mol. The number of thiocarbonyl (C=S) groups is 1. The molecule has 0 radical (unpaired) electrons. The van der Waals surface area contributed by atoms with Crippen molar-refractivity contribution in [3.05, 3.63) is 47.7 Å². The molecule has 0 atom stereocenters. The summed E-state index contributed by atoms with van der Waals surface area (Å²) in [5.41, 5.74) is 2.16. The van der Waals surface area contributed by atoms with Crippen molar-refractivity contribution < 1.29 is 17.6 Å². The zero-order valence-electron chi connectivity index (χ0n) is 11.4. The van der Waals surface area contributed by atoms with Crippen molar-refractivity contribution in [2.75, 3.05) is 7.05 Å². The number of nitrogens with one attached hydrogen (secondary N) is 2. The van der Waals surface area contributed by atoms with Crippen LogP contribution in [0.15, 0.2) is 45.9 Å². The second-order valence-electron chi connectivity index (χ2n) is 4.23. The normalized spacial score (nSPS) is 11.6. The van der Waals surface area contributed by atoms with Gasteiger partial charge in [0.2, 0.25) is 0 Å². The lowest BCUT2D eigenvalue weighted by molar-refractivity contribution is -0.137. The molecule has 2 N–H and O–H groups in total. The van der Waals surface area contributed by atoms with E-state index in [1.165, 1.54) is 12.3 Å². The molecule has 116 valence electrons. The molecule has 0 unspecified atom stereocenters. The molecule has 0 saturated carbocycles. The maximum absolute atomic E-state index is 12.7. The zero-order valence-corrected chi connectivity index (χ0v) is 12.3. The Bertz CT molecular complexity index is 695. The van der Waals surface area contributed by atoms with Gasteiger partial charge in [0, 0.05) is 12.6 Å². The van der Waals surface area contributed by atoms with Gasteiger partial charge in [-0.3, -0.25) is 5.43 Å². The van der Waals surface area contributed by atoms with Crippen LogP contribution in [0.5, 0.6) is 0 Å². The van der Waals surface area contributed by atoms with E-state index in [1.54, 1.807) is 25.2 Å². The van der Waals surface area contributed by atoms with Gasteiger partial charge in [-0.1, -0.05) is 12.1 Å². The van der Waals surface area contributed by atoms with Crippen molar-refractivity contribution in [2.45, 2.75) is 6.18 Å². The maximum Gasteiger partial charge on any atom is 0.416 e. The summed E-state index contributed by atoms with van der Waals surface area (Å²) in [5.74, 6) is 0.711. The van der Waals surface area contributed by atoms with Crippen molar-refractivity contribution >= 4 is 23.5 Å². The molecule has 4 nitrogen and oxygen atoms in total. The molecule has 0 spiro atoms. The standard InChI is InChI=1S/C14H12F3N3OS/c1-18-13(22)20-19-8-11-5-6-12(21-11)9-3-2-4-10(7-9)14(15,16)17/h2-8H,1H3,(H2,18,20,22)/b19-8+.